The second-order valence-corrected chi connectivity index (χ2v) is 6.81. The molecule has 2 N–H and O–H groups in total. The van der Waals surface area contributed by atoms with E-state index in [-0.39, 0.29) is 5.41 Å². The molecule has 0 spiro atoms. The van der Waals surface area contributed by atoms with Crippen LogP contribution in [0.4, 0.5) is 0 Å². The first-order chi connectivity index (χ1) is 9.82. The molecule has 4 nitrogen and oxygen atoms in total. The molecule has 1 aromatic carbocycles. The average Bonchev–Trinajstić information content (AvgIpc) is 2.89. The Morgan fingerprint density at radius 1 is 1.29 bits per heavy atom. The highest BCUT2D eigenvalue weighted by molar-refractivity contribution is 5.96. The number of methoxy groups -OCH3 is 1. The molecule has 1 aliphatic heterocycles. The van der Waals surface area contributed by atoms with Crippen molar-refractivity contribution in [3.8, 4) is 5.75 Å². The summed E-state index contributed by atoms with van der Waals surface area (Å²) in [5, 5.41) is 0. The molecule has 0 bridgehead atoms. The van der Waals surface area contributed by atoms with Crippen LogP contribution in [0.15, 0.2) is 12.1 Å². The molecule has 2 rings (SSSR count). The fraction of sp³-hybridized carbons (Fsp3) is 0.588. The molecule has 21 heavy (non-hydrogen) atoms. The molecule has 1 aromatic rings. The van der Waals surface area contributed by atoms with E-state index in [9.17, 15) is 4.79 Å². The van der Waals surface area contributed by atoms with Crippen molar-refractivity contribution in [3.05, 3.63) is 28.8 Å². The van der Waals surface area contributed by atoms with Crippen LogP contribution in [0.3, 0.4) is 0 Å². The number of nitrogens with zero attached hydrogens (tertiary/aromatic N) is 1. The first-order valence-corrected chi connectivity index (χ1v) is 7.56. The Morgan fingerprint density at radius 2 is 1.90 bits per heavy atom. The molecular weight excluding hydrogens is 264 g/mol. The monoisotopic (exact) mass is 290 g/mol. The minimum Gasteiger partial charge on any atom is -0.496 e. The minimum atomic E-state index is -0.430. The molecule has 1 heterocycles. The van der Waals surface area contributed by atoms with E-state index >= 15 is 0 Å². The van der Waals surface area contributed by atoms with Crippen molar-refractivity contribution >= 4 is 5.91 Å². The molecule has 0 aromatic heterocycles. The Labute approximate surface area is 127 Å². The minimum absolute atomic E-state index is 0.0315. The van der Waals surface area contributed by atoms with Crippen molar-refractivity contribution in [1.82, 2.24) is 4.90 Å². The summed E-state index contributed by atoms with van der Waals surface area (Å²) < 4.78 is 5.49. The lowest BCUT2D eigenvalue weighted by molar-refractivity contribution is 0.0997. The predicted octanol–water partition coefficient (Wildman–Crippen LogP) is 2.69. The standard InChI is InChI=1S/C17H26N2O2/c1-17(2,3)13-9-12(11-19-7-5-6-8-19)15(21-4)14(10-13)16(18)20/h9-10H,5-8,11H2,1-4H3,(H2,18,20). The summed E-state index contributed by atoms with van der Waals surface area (Å²) in [6.07, 6.45) is 2.48. The summed E-state index contributed by atoms with van der Waals surface area (Å²) in [5.41, 5.74) is 8.17. The number of likely N-dealkylation sites (tertiary alicyclic amines) is 1. The first kappa shape index (κ1) is 15.8. The molecule has 1 amide bonds. The average molecular weight is 290 g/mol. The number of nitrogens with two attached hydrogens (primary N) is 1. The Bertz CT molecular complexity index is 526. The summed E-state index contributed by atoms with van der Waals surface area (Å²) in [4.78, 5) is 14.2. The van der Waals surface area contributed by atoms with Gasteiger partial charge in [0.15, 0.2) is 0 Å². The highest BCUT2D eigenvalue weighted by Crippen LogP contribution is 2.33. The van der Waals surface area contributed by atoms with Gasteiger partial charge in [0.2, 0.25) is 0 Å². The number of hydrogen-bond donors (Lipinski definition) is 1. The number of carbonyl (C=O) groups excluding carboxylic acids is 1. The second kappa shape index (κ2) is 6.06. The quantitative estimate of drug-likeness (QED) is 0.927. The lowest BCUT2D eigenvalue weighted by Crippen LogP contribution is -2.22. The van der Waals surface area contributed by atoms with E-state index in [1.807, 2.05) is 6.07 Å². The summed E-state index contributed by atoms with van der Waals surface area (Å²) in [6.45, 7) is 9.44. The maximum atomic E-state index is 11.8. The van der Waals surface area contributed by atoms with E-state index in [1.165, 1.54) is 12.8 Å². The van der Waals surface area contributed by atoms with Crippen LogP contribution in [0.25, 0.3) is 0 Å². The van der Waals surface area contributed by atoms with Gasteiger partial charge in [-0.15, -0.1) is 0 Å². The van der Waals surface area contributed by atoms with Gasteiger partial charge >= 0.3 is 0 Å². The smallest absolute Gasteiger partial charge is 0.252 e. The van der Waals surface area contributed by atoms with Gasteiger partial charge in [-0.05, 0) is 43.0 Å². The molecular formula is C17H26N2O2. The number of ether oxygens (including phenoxy) is 1. The molecule has 0 aliphatic carbocycles. The zero-order valence-corrected chi connectivity index (χ0v) is 13.5. The summed E-state index contributed by atoms with van der Waals surface area (Å²) in [6, 6.07) is 4.03. The molecule has 1 fully saturated rings. The van der Waals surface area contributed by atoms with E-state index in [1.54, 1.807) is 7.11 Å². The highest BCUT2D eigenvalue weighted by Gasteiger charge is 2.23. The van der Waals surface area contributed by atoms with Gasteiger partial charge in [0.25, 0.3) is 5.91 Å². The van der Waals surface area contributed by atoms with E-state index < -0.39 is 5.91 Å². The molecule has 1 saturated heterocycles. The van der Waals surface area contributed by atoms with E-state index in [0.717, 1.165) is 30.8 Å². The van der Waals surface area contributed by atoms with Crippen LogP contribution in [-0.4, -0.2) is 31.0 Å². The number of primary amides is 1. The van der Waals surface area contributed by atoms with Gasteiger partial charge in [-0.1, -0.05) is 26.8 Å². The lowest BCUT2D eigenvalue weighted by Gasteiger charge is -2.24. The predicted molar refractivity (Wildman–Crippen MR) is 84.7 cm³/mol. The normalized spacial score (nSPS) is 16.2. The molecule has 1 aliphatic rings. The van der Waals surface area contributed by atoms with Crippen LogP contribution in [0, 0.1) is 0 Å². The number of amides is 1. The number of benzene rings is 1. The van der Waals surface area contributed by atoms with Gasteiger partial charge in [-0.3, -0.25) is 9.69 Å². The van der Waals surface area contributed by atoms with Gasteiger partial charge in [0, 0.05) is 12.1 Å². The van der Waals surface area contributed by atoms with Gasteiger partial charge in [0.05, 0.1) is 12.7 Å². The number of carbonyl (C=O) groups is 1. The van der Waals surface area contributed by atoms with E-state index in [4.69, 9.17) is 10.5 Å². The van der Waals surface area contributed by atoms with Crippen molar-refractivity contribution in [3.63, 3.8) is 0 Å². The van der Waals surface area contributed by atoms with E-state index in [2.05, 4.69) is 31.7 Å². The SMILES string of the molecule is COc1c(CN2CCCC2)cc(C(C)(C)C)cc1C(N)=O. The largest absolute Gasteiger partial charge is 0.496 e. The zero-order chi connectivity index (χ0) is 15.6. The Balaban J connectivity index is 2.48. The third kappa shape index (κ3) is 3.56. The lowest BCUT2D eigenvalue weighted by atomic mass is 9.84. The van der Waals surface area contributed by atoms with Crippen LogP contribution in [-0.2, 0) is 12.0 Å². The second-order valence-electron chi connectivity index (χ2n) is 6.81. The van der Waals surface area contributed by atoms with Crippen LogP contribution in [0.2, 0.25) is 0 Å². The molecule has 0 saturated carbocycles. The fourth-order valence-electron chi connectivity index (χ4n) is 2.85. The van der Waals surface area contributed by atoms with Gasteiger partial charge in [-0.2, -0.15) is 0 Å². The van der Waals surface area contributed by atoms with Gasteiger partial charge in [0.1, 0.15) is 5.75 Å². The van der Waals surface area contributed by atoms with Gasteiger partial charge in [-0.25, -0.2) is 0 Å². The van der Waals surface area contributed by atoms with Gasteiger partial charge < -0.3 is 10.5 Å². The van der Waals surface area contributed by atoms with Crippen molar-refractivity contribution in [2.75, 3.05) is 20.2 Å². The summed E-state index contributed by atoms with van der Waals surface area (Å²) in [5.74, 6) is 0.197. The number of hydrogen-bond acceptors (Lipinski definition) is 3. The first-order valence-electron chi connectivity index (χ1n) is 7.56. The van der Waals surface area contributed by atoms with Crippen LogP contribution >= 0.6 is 0 Å². The highest BCUT2D eigenvalue weighted by atomic mass is 16.5. The Morgan fingerprint density at radius 3 is 2.38 bits per heavy atom. The van der Waals surface area contributed by atoms with Crippen LogP contribution in [0.1, 0.15) is 55.1 Å². The van der Waals surface area contributed by atoms with Crippen LogP contribution < -0.4 is 10.5 Å². The van der Waals surface area contributed by atoms with Crippen molar-refractivity contribution in [2.24, 2.45) is 5.73 Å². The molecule has 116 valence electrons. The van der Waals surface area contributed by atoms with E-state index in [0.29, 0.717) is 11.3 Å². The zero-order valence-electron chi connectivity index (χ0n) is 13.5. The maximum Gasteiger partial charge on any atom is 0.252 e. The van der Waals surface area contributed by atoms with Crippen LogP contribution in [0.5, 0.6) is 5.75 Å². The number of rotatable bonds is 4. The third-order valence-electron chi connectivity index (χ3n) is 4.09. The third-order valence-corrected chi connectivity index (χ3v) is 4.09. The fourth-order valence-corrected chi connectivity index (χ4v) is 2.85. The van der Waals surface area contributed by atoms with Crippen molar-refractivity contribution in [2.45, 2.75) is 45.6 Å². The van der Waals surface area contributed by atoms with Crippen molar-refractivity contribution < 1.29 is 9.53 Å². The van der Waals surface area contributed by atoms with Crippen molar-refractivity contribution in [1.29, 1.82) is 0 Å². The molecule has 0 unspecified atom stereocenters. The maximum absolute atomic E-state index is 11.8. The topological polar surface area (TPSA) is 55.6 Å². The summed E-state index contributed by atoms with van der Waals surface area (Å²) >= 11 is 0. The molecule has 4 heteroatoms. The Hall–Kier alpha value is -1.55. The Kier molecular flexibility index (Phi) is 4.57. The molecule has 0 radical (unpaired) electrons. The summed E-state index contributed by atoms with van der Waals surface area (Å²) in [7, 11) is 1.60. The molecule has 0 atom stereocenters.